The van der Waals surface area contributed by atoms with Crippen LogP contribution in [0.25, 0.3) is 0 Å². The van der Waals surface area contributed by atoms with Crippen LogP contribution in [0, 0.1) is 5.41 Å². The molecule has 0 unspecified atom stereocenters. The van der Waals surface area contributed by atoms with Gasteiger partial charge in [-0.05, 0) is 24.3 Å². The fourth-order valence-corrected chi connectivity index (χ4v) is 1.81. The molecular formula is C13H11Cl2N5O. The highest BCUT2D eigenvalue weighted by atomic mass is 35.5. The minimum atomic E-state index is -0.405. The summed E-state index contributed by atoms with van der Waals surface area (Å²) in [6.07, 6.45) is 2.64. The third kappa shape index (κ3) is 4.14. The van der Waals surface area contributed by atoms with Crippen molar-refractivity contribution in [2.75, 3.05) is 0 Å². The normalized spacial score (nSPS) is 11.4. The highest BCUT2D eigenvalue weighted by Gasteiger charge is 2.09. The highest BCUT2D eigenvalue weighted by molar-refractivity contribution is 6.30. The minimum absolute atomic E-state index is 0.0156. The molecule has 0 aliphatic heterocycles. The van der Waals surface area contributed by atoms with Crippen molar-refractivity contribution >= 4 is 40.8 Å². The molecule has 0 saturated carbocycles. The Balaban J connectivity index is 2.17. The lowest BCUT2D eigenvalue weighted by atomic mass is 10.3. The van der Waals surface area contributed by atoms with E-state index in [1.165, 1.54) is 24.5 Å². The Hall–Kier alpha value is -2.18. The van der Waals surface area contributed by atoms with Crippen LogP contribution in [-0.4, -0.2) is 21.3 Å². The molecule has 6 nitrogen and oxygen atoms in total. The van der Waals surface area contributed by atoms with E-state index in [4.69, 9.17) is 34.3 Å². The van der Waals surface area contributed by atoms with E-state index in [-0.39, 0.29) is 17.7 Å². The number of aromatic nitrogens is 2. The molecule has 0 spiro atoms. The predicted octanol–water partition coefficient (Wildman–Crippen LogP) is 2.39. The zero-order chi connectivity index (χ0) is 15.4. The summed E-state index contributed by atoms with van der Waals surface area (Å²) >= 11 is 11.5. The van der Waals surface area contributed by atoms with E-state index in [1.54, 1.807) is 12.1 Å². The van der Waals surface area contributed by atoms with Crippen LogP contribution in [0.3, 0.4) is 0 Å². The van der Waals surface area contributed by atoms with E-state index >= 15 is 0 Å². The zero-order valence-corrected chi connectivity index (χ0v) is 12.3. The van der Waals surface area contributed by atoms with Gasteiger partial charge in [-0.3, -0.25) is 14.8 Å². The number of aliphatic imine (C=N–C) groups is 1. The fourth-order valence-electron chi connectivity index (χ4n) is 1.54. The summed E-state index contributed by atoms with van der Waals surface area (Å²) in [5, 5.41) is 8.50. The second-order valence-electron chi connectivity index (χ2n) is 4.11. The molecule has 108 valence electrons. The van der Waals surface area contributed by atoms with Gasteiger partial charge in [0.25, 0.3) is 0 Å². The molecule has 0 atom stereocenters. The number of carbonyl (C=O) groups excluding carboxylic acids is 1. The largest absolute Gasteiger partial charge is 0.387 e. The maximum atomic E-state index is 12.1. The Kier molecular flexibility index (Phi) is 4.72. The predicted molar refractivity (Wildman–Crippen MR) is 81.1 cm³/mol. The zero-order valence-electron chi connectivity index (χ0n) is 10.8. The van der Waals surface area contributed by atoms with Crippen LogP contribution in [0.2, 0.25) is 10.0 Å². The van der Waals surface area contributed by atoms with Crippen LogP contribution in [0.15, 0.2) is 41.7 Å². The number of hydrogen-bond donors (Lipinski definition) is 2. The quantitative estimate of drug-likeness (QED) is 0.670. The third-order valence-corrected chi connectivity index (χ3v) is 2.93. The molecule has 3 N–H and O–H groups in total. The van der Waals surface area contributed by atoms with Crippen LogP contribution in [0.1, 0.15) is 11.2 Å². The molecule has 21 heavy (non-hydrogen) atoms. The van der Waals surface area contributed by atoms with Crippen LogP contribution in [-0.2, 0) is 0 Å². The van der Waals surface area contributed by atoms with Crippen molar-refractivity contribution in [3.05, 3.63) is 52.2 Å². The topological polar surface area (TPSA) is 97.1 Å². The van der Waals surface area contributed by atoms with E-state index < -0.39 is 5.91 Å². The number of carbonyl (C=O) groups is 1. The van der Waals surface area contributed by atoms with E-state index in [2.05, 4.69) is 9.98 Å². The molecule has 0 radical (unpaired) electrons. The molecule has 2 aromatic rings. The van der Waals surface area contributed by atoms with E-state index in [9.17, 15) is 4.79 Å². The maximum Gasteiger partial charge on any atom is 0.239 e. The van der Waals surface area contributed by atoms with Crippen LogP contribution < -0.4 is 11.2 Å². The van der Waals surface area contributed by atoms with Crippen molar-refractivity contribution in [1.82, 2.24) is 9.55 Å². The molecule has 2 rings (SSSR count). The first-order valence-corrected chi connectivity index (χ1v) is 6.62. The fraction of sp³-hybridized carbons (Fsp3) is 0.0769. The van der Waals surface area contributed by atoms with Gasteiger partial charge in [-0.15, -0.1) is 0 Å². The first-order chi connectivity index (χ1) is 9.95. The number of hydrogen-bond acceptors (Lipinski definition) is 4. The van der Waals surface area contributed by atoms with Crippen molar-refractivity contribution in [2.45, 2.75) is 6.42 Å². The Labute approximate surface area is 130 Å². The first kappa shape index (κ1) is 15.2. The SMILES string of the molecule is N=c1ccc(Cl)cn1C(=O)CC(N)=Nc1ccc(Cl)cn1. The maximum absolute atomic E-state index is 12.1. The van der Waals surface area contributed by atoms with E-state index in [1.807, 2.05) is 0 Å². The van der Waals surface area contributed by atoms with Gasteiger partial charge in [0.2, 0.25) is 5.91 Å². The lowest BCUT2D eigenvalue weighted by molar-refractivity contribution is 0.0916. The molecule has 2 aromatic heterocycles. The molecule has 0 saturated heterocycles. The minimum Gasteiger partial charge on any atom is -0.387 e. The molecule has 0 aliphatic rings. The van der Waals surface area contributed by atoms with Gasteiger partial charge in [0.1, 0.15) is 11.3 Å². The van der Waals surface area contributed by atoms with Gasteiger partial charge in [0.15, 0.2) is 5.82 Å². The summed E-state index contributed by atoms with van der Waals surface area (Å²) in [5.74, 6) is 0.0336. The van der Waals surface area contributed by atoms with E-state index in [0.29, 0.717) is 15.9 Å². The van der Waals surface area contributed by atoms with Gasteiger partial charge >= 0.3 is 0 Å². The van der Waals surface area contributed by atoms with Crippen molar-refractivity contribution in [2.24, 2.45) is 10.7 Å². The van der Waals surface area contributed by atoms with Crippen molar-refractivity contribution in [3.8, 4) is 0 Å². The number of rotatable bonds is 3. The summed E-state index contributed by atoms with van der Waals surface area (Å²) in [4.78, 5) is 20.0. The molecule has 0 aliphatic carbocycles. The number of nitrogens with zero attached hydrogens (tertiary/aromatic N) is 3. The number of nitrogens with one attached hydrogen (secondary N) is 1. The van der Waals surface area contributed by atoms with Gasteiger partial charge in [-0.2, -0.15) is 0 Å². The van der Waals surface area contributed by atoms with Crippen molar-refractivity contribution in [1.29, 1.82) is 5.41 Å². The Morgan fingerprint density at radius 3 is 2.67 bits per heavy atom. The van der Waals surface area contributed by atoms with E-state index in [0.717, 1.165) is 4.57 Å². The average molecular weight is 324 g/mol. The molecule has 0 aromatic carbocycles. The Bertz CT molecular complexity index is 752. The number of nitrogens with two attached hydrogens (primary N) is 1. The van der Waals surface area contributed by atoms with Gasteiger partial charge < -0.3 is 5.73 Å². The lowest BCUT2D eigenvalue weighted by Gasteiger charge is -2.05. The van der Waals surface area contributed by atoms with Gasteiger partial charge in [0, 0.05) is 12.4 Å². The highest BCUT2D eigenvalue weighted by Crippen LogP contribution is 2.12. The first-order valence-electron chi connectivity index (χ1n) is 5.86. The number of pyridine rings is 2. The molecule has 0 amide bonds. The monoisotopic (exact) mass is 323 g/mol. The van der Waals surface area contributed by atoms with Gasteiger partial charge in [-0.1, -0.05) is 23.2 Å². The summed E-state index contributed by atoms with van der Waals surface area (Å²) < 4.78 is 1.11. The summed E-state index contributed by atoms with van der Waals surface area (Å²) in [6.45, 7) is 0. The Morgan fingerprint density at radius 1 is 1.29 bits per heavy atom. The van der Waals surface area contributed by atoms with Crippen molar-refractivity contribution in [3.63, 3.8) is 0 Å². The number of halogens is 2. The second-order valence-corrected chi connectivity index (χ2v) is 4.98. The standard InChI is InChI=1S/C13H11Cl2N5O/c14-8-2-4-12(18-6-8)19-10(16)5-13(21)20-7-9(15)1-3-11(20)17/h1-4,6-7,17H,5H2,(H2,16,18,19). The van der Waals surface area contributed by atoms with Gasteiger partial charge in [0.05, 0.1) is 16.5 Å². The molecule has 8 heteroatoms. The summed E-state index contributed by atoms with van der Waals surface area (Å²) in [6, 6.07) is 6.16. The molecular weight excluding hydrogens is 313 g/mol. The average Bonchev–Trinajstić information content (AvgIpc) is 2.44. The molecule has 0 fully saturated rings. The van der Waals surface area contributed by atoms with Crippen molar-refractivity contribution < 1.29 is 4.79 Å². The third-order valence-electron chi connectivity index (χ3n) is 2.48. The van der Waals surface area contributed by atoms with Gasteiger partial charge in [-0.25, -0.2) is 9.98 Å². The number of amidine groups is 1. The Morgan fingerprint density at radius 2 is 2.00 bits per heavy atom. The van der Waals surface area contributed by atoms with Crippen LogP contribution in [0.5, 0.6) is 0 Å². The summed E-state index contributed by atoms with van der Waals surface area (Å²) in [7, 11) is 0. The molecule has 0 bridgehead atoms. The molecule has 2 heterocycles. The van der Waals surface area contributed by atoms with Crippen LogP contribution >= 0.6 is 23.2 Å². The lowest BCUT2D eigenvalue weighted by Crippen LogP contribution is -2.29. The summed E-state index contributed by atoms with van der Waals surface area (Å²) in [5.41, 5.74) is 5.73. The van der Waals surface area contributed by atoms with Crippen LogP contribution in [0.4, 0.5) is 5.82 Å². The smallest absolute Gasteiger partial charge is 0.239 e. The second kappa shape index (κ2) is 6.51.